The van der Waals surface area contributed by atoms with E-state index in [2.05, 4.69) is 14.7 Å². The molecule has 0 saturated heterocycles. The van der Waals surface area contributed by atoms with Crippen molar-refractivity contribution in [2.24, 2.45) is 11.8 Å². The lowest BCUT2D eigenvalue weighted by molar-refractivity contribution is -0.122. The van der Waals surface area contributed by atoms with Crippen LogP contribution in [0.1, 0.15) is 44.3 Å². The van der Waals surface area contributed by atoms with Gasteiger partial charge in [0.05, 0.1) is 6.10 Å². The SMILES string of the molecule is COC1CCCC(C(=O)Nc2nc(CC3CC3)ns2)C1. The number of hydrogen-bond acceptors (Lipinski definition) is 5. The molecular weight excluding hydrogens is 274 g/mol. The lowest BCUT2D eigenvalue weighted by atomic mass is 9.86. The third kappa shape index (κ3) is 3.55. The molecule has 2 saturated carbocycles. The number of carbonyl (C=O) groups is 1. The van der Waals surface area contributed by atoms with Gasteiger partial charge in [-0.3, -0.25) is 4.79 Å². The van der Waals surface area contributed by atoms with Crippen molar-refractivity contribution in [3.05, 3.63) is 5.82 Å². The van der Waals surface area contributed by atoms with E-state index in [0.717, 1.165) is 43.8 Å². The monoisotopic (exact) mass is 295 g/mol. The van der Waals surface area contributed by atoms with E-state index in [1.54, 1.807) is 7.11 Å². The zero-order valence-corrected chi connectivity index (χ0v) is 12.6. The maximum Gasteiger partial charge on any atom is 0.229 e. The van der Waals surface area contributed by atoms with Crippen molar-refractivity contribution in [3.63, 3.8) is 0 Å². The molecule has 1 aromatic heterocycles. The van der Waals surface area contributed by atoms with Gasteiger partial charge in [0, 0.05) is 31.0 Å². The summed E-state index contributed by atoms with van der Waals surface area (Å²) in [6.45, 7) is 0. The highest BCUT2D eigenvalue weighted by atomic mass is 32.1. The van der Waals surface area contributed by atoms with Crippen LogP contribution in [0, 0.1) is 11.8 Å². The summed E-state index contributed by atoms with van der Waals surface area (Å²) in [5, 5.41) is 3.56. The number of aromatic nitrogens is 2. The first kappa shape index (κ1) is 13.9. The molecule has 2 aliphatic rings. The van der Waals surface area contributed by atoms with Crippen LogP contribution in [0.25, 0.3) is 0 Å². The van der Waals surface area contributed by atoms with E-state index in [-0.39, 0.29) is 17.9 Å². The quantitative estimate of drug-likeness (QED) is 0.907. The predicted molar refractivity (Wildman–Crippen MR) is 77.7 cm³/mol. The third-order valence-electron chi connectivity index (χ3n) is 4.20. The molecule has 0 aliphatic heterocycles. The number of carbonyl (C=O) groups excluding carboxylic acids is 1. The Balaban J connectivity index is 1.53. The number of methoxy groups -OCH3 is 1. The van der Waals surface area contributed by atoms with Crippen LogP contribution in [0.3, 0.4) is 0 Å². The lowest BCUT2D eigenvalue weighted by Crippen LogP contribution is -2.30. The third-order valence-corrected chi connectivity index (χ3v) is 4.86. The van der Waals surface area contributed by atoms with Gasteiger partial charge in [-0.1, -0.05) is 6.42 Å². The number of nitrogens with one attached hydrogen (secondary N) is 1. The summed E-state index contributed by atoms with van der Waals surface area (Å²) in [5.41, 5.74) is 0. The molecule has 2 unspecified atom stereocenters. The van der Waals surface area contributed by atoms with Crippen LogP contribution < -0.4 is 5.32 Å². The number of anilines is 1. The van der Waals surface area contributed by atoms with Gasteiger partial charge in [-0.25, -0.2) is 4.98 Å². The smallest absolute Gasteiger partial charge is 0.229 e. The van der Waals surface area contributed by atoms with Crippen molar-refractivity contribution in [1.29, 1.82) is 0 Å². The zero-order chi connectivity index (χ0) is 13.9. The summed E-state index contributed by atoms with van der Waals surface area (Å²) < 4.78 is 9.69. The van der Waals surface area contributed by atoms with Crippen LogP contribution in [0.5, 0.6) is 0 Å². The highest BCUT2D eigenvalue weighted by Gasteiger charge is 2.28. The average molecular weight is 295 g/mol. The Morgan fingerprint density at radius 2 is 2.25 bits per heavy atom. The van der Waals surface area contributed by atoms with Gasteiger partial charge < -0.3 is 10.1 Å². The first-order valence-electron chi connectivity index (χ1n) is 7.41. The molecule has 2 atom stereocenters. The zero-order valence-electron chi connectivity index (χ0n) is 11.8. The number of nitrogens with zero attached hydrogens (tertiary/aromatic N) is 2. The molecule has 3 rings (SSSR count). The Morgan fingerprint density at radius 3 is 3.00 bits per heavy atom. The summed E-state index contributed by atoms with van der Waals surface area (Å²) in [4.78, 5) is 16.7. The van der Waals surface area contributed by atoms with Gasteiger partial charge in [0.15, 0.2) is 0 Å². The van der Waals surface area contributed by atoms with Crippen LogP contribution >= 0.6 is 11.5 Å². The van der Waals surface area contributed by atoms with Crippen molar-refractivity contribution < 1.29 is 9.53 Å². The molecule has 0 spiro atoms. The van der Waals surface area contributed by atoms with E-state index < -0.39 is 0 Å². The van der Waals surface area contributed by atoms with Gasteiger partial charge in [0.1, 0.15) is 5.82 Å². The summed E-state index contributed by atoms with van der Waals surface area (Å²) in [7, 11) is 1.72. The van der Waals surface area contributed by atoms with Crippen molar-refractivity contribution >= 4 is 22.6 Å². The molecule has 2 fully saturated rings. The molecular formula is C14H21N3O2S. The normalized spacial score (nSPS) is 26.4. The van der Waals surface area contributed by atoms with Crippen molar-refractivity contribution in [1.82, 2.24) is 9.36 Å². The maximum atomic E-state index is 12.2. The van der Waals surface area contributed by atoms with Gasteiger partial charge in [-0.05, 0) is 38.0 Å². The molecule has 20 heavy (non-hydrogen) atoms. The second-order valence-corrected chi connectivity index (χ2v) is 6.63. The van der Waals surface area contributed by atoms with Gasteiger partial charge in [-0.2, -0.15) is 4.37 Å². The van der Waals surface area contributed by atoms with Crippen LogP contribution in [0.2, 0.25) is 0 Å². The fourth-order valence-electron chi connectivity index (χ4n) is 2.77. The van der Waals surface area contributed by atoms with Gasteiger partial charge in [0.2, 0.25) is 11.0 Å². The molecule has 5 nitrogen and oxygen atoms in total. The van der Waals surface area contributed by atoms with E-state index >= 15 is 0 Å². The fourth-order valence-corrected chi connectivity index (χ4v) is 3.37. The molecule has 1 amide bonds. The van der Waals surface area contributed by atoms with Crippen molar-refractivity contribution in [3.8, 4) is 0 Å². The second kappa shape index (κ2) is 6.18. The lowest BCUT2D eigenvalue weighted by Gasteiger charge is -2.26. The van der Waals surface area contributed by atoms with Crippen LogP contribution in [0.4, 0.5) is 5.13 Å². The van der Waals surface area contributed by atoms with E-state index in [4.69, 9.17) is 4.74 Å². The average Bonchev–Trinajstić information content (AvgIpc) is 3.18. The first-order chi connectivity index (χ1) is 9.74. The van der Waals surface area contributed by atoms with Crippen LogP contribution in [0.15, 0.2) is 0 Å². The predicted octanol–water partition coefficient (Wildman–Crippen LogP) is 2.63. The molecule has 2 aliphatic carbocycles. The van der Waals surface area contributed by atoms with Gasteiger partial charge >= 0.3 is 0 Å². The fraction of sp³-hybridized carbons (Fsp3) is 0.786. The molecule has 1 heterocycles. The van der Waals surface area contributed by atoms with E-state index in [9.17, 15) is 4.79 Å². The van der Waals surface area contributed by atoms with Gasteiger partial charge in [-0.15, -0.1) is 0 Å². The Labute approximate surface area is 123 Å². The minimum Gasteiger partial charge on any atom is -0.381 e. The topological polar surface area (TPSA) is 64.1 Å². The highest BCUT2D eigenvalue weighted by molar-refractivity contribution is 7.09. The van der Waals surface area contributed by atoms with E-state index in [1.807, 2.05) is 0 Å². The van der Waals surface area contributed by atoms with E-state index in [0.29, 0.717) is 5.13 Å². The Morgan fingerprint density at radius 1 is 1.40 bits per heavy atom. The molecule has 0 aromatic carbocycles. The molecule has 6 heteroatoms. The highest BCUT2D eigenvalue weighted by Crippen LogP contribution is 2.32. The van der Waals surface area contributed by atoms with Crippen molar-refractivity contribution in [2.45, 2.75) is 51.0 Å². The van der Waals surface area contributed by atoms with Crippen LogP contribution in [-0.4, -0.2) is 28.5 Å². The molecule has 0 bridgehead atoms. The standard InChI is InChI=1S/C14H21N3O2S/c1-19-11-4-2-3-10(8-11)13(18)16-14-15-12(17-20-14)7-9-5-6-9/h9-11H,2-8H2,1H3,(H,15,16,17,18). The summed E-state index contributed by atoms with van der Waals surface area (Å²) in [6.07, 6.45) is 7.64. The summed E-state index contributed by atoms with van der Waals surface area (Å²) in [5.74, 6) is 1.77. The van der Waals surface area contributed by atoms with Crippen molar-refractivity contribution in [2.75, 3.05) is 12.4 Å². The number of hydrogen-bond donors (Lipinski definition) is 1. The van der Waals surface area contributed by atoms with Crippen LogP contribution in [-0.2, 0) is 16.0 Å². The Kier molecular flexibility index (Phi) is 4.31. The maximum absolute atomic E-state index is 12.2. The minimum atomic E-state index is 0.0458. The Bertz CT molecular complexity index is 473. The minimum absolute atomic E-state index is 0.0458. The number of ether oxygens (including phenoxy) is 1. The van der Waals surface area contributed by atoms with E-state index in [1.165, 1.54) is 24.4 Å². The second-order valence-electron chi connectivity index (χ2n) is 5.87. The molecule has 110 valence electrons. The molecule has 1 N–H and O–H groups in total. The number of amides is 1. The van der Waals surface area contributed by atoms with Gasteiger partial charge in [0.25, 0.3) is 0 Å². The largest absolute Gasteiger partial charge is 0.381 e. The molecule has 1 aromatic rings. The summed E-state index contributed by atoms with van der Waals surface area (Å²) >= 11 is 1.29. The first-order valence-corrected chi connectivity index (χ1v) is 8.18. The molecule has 0 radical (unpaired) electrons. The number of rotatable bonds is 5. The summed E-state index contributed by atoms with van der Waals surface area (Å²) in [6, 6.07) is 0. The Hall–Kier alpha value is -1.01.